The fraction of sp³-hybridized carbons (Fsp3) is 0.321. The number of nitrogens with two attached hydrogens (primary N) is 1. The van der Waals surface area contributed by atoms with Crippen LogP contribution in [0.3, 0.4) is 0 Å². The van der Waals surface area contributed by atoms with Crippen LogP contribution in [0, 0.1) is 0 Å². The van der Waals surface area contributed by atoms with Crippen molar-refractivity contribution in [1.82, 2.24) is 0 Å². The van der Waals surface area contributed by atoms with Crippen LogP contribution in [-0.4, -0.2) is 37.3 Å². The summed E-state index contributed by atoms with van der Waals surface area (Å²) in [4.78, 5) is 19.0. The monoisotopic (exact) mass is 475 g/mol. The Morgan fingerprint density at radius 1 is 0.853 bits per heavy atom. The smallest absolute Gasteiger partial charge is 0.336 e. The van der Waals surface area contributed by atoms with Gasteiger partial charge in [0.05, 0.1) is 11.6 Å². The molecule has 0 radical (unpaired) electrons. The van der Waals surface area contributed by atoms with Gasteiger partial charge in [0, 0.05) is 47.3 Å². The molecule has 1 heterocycles. The van der Waals surface area contributed by atoms with Crippen LogP contribution in [0.4, 0.5) is 11.4 Å². The molecule has 3 N–H and O–H groups in total. The zero-order chi connectivity index (χ0) is 24.4. The largest absolute Gasteiger partial charge is 0.478 e. The molecule has 4 rings (SSSR count). The Kier molecular flexibility index (Phi) is 7.19. The summed E-state index contributed by atoms with van der Waals surface area (Å²) >= 11 is 1.73. The van der Waals surface area contributed by atoms with Gasteiger partial charge in [-0.25, -0.2) is 4.79 Å². The van der Waals surface area contributed by atoms with E-state index in [9.17, 15) is 9.90 Å². The highest BCUT2D eigenvalue weighted by Gasteiger charge is 2.29. The molecule has 1 unspecified atom stereocenters. The predicted molar refractivity (Wildman–Crippen MR) is 143 cm³/mol. The highest BCUT2D eigenvalue weighted by Crippen LogP contribution is 2.50. The standard InChI is InChI=1S/C28H33N3O2S/c1-5-30(6-2)18-13-14-22-24(16-18)34-25-17-19(31(7-3)8-4)15-23(26(25)27(22)29)20-11-9-10-12-21(20)28(32)33/h9-17,27H,5-8,29H2,1-4H3,(H,32,33). The van der Waals surface area contributed by atoms with Gasteiger partial charge in [-0.1, -0.05) is 36.0 Å². The lowest BCUT2D eigenvalue weighted by atomic mass is 9.88. The third-order valence-corrected chi connectivity index (χ3v) is 7.83. The zero-order valence-corrected chi connectivity index (χ0v) is 21.2. The molecule has 3 aromatic carbocycles. The molecule has 178 valence electrons. The molecule has 1 aliphatic heterocycles. The molecule has 1 aliphatic rings. The van der Waals surface area contributed by atoms with Crippen LogP contribution >= 0.6 is 11.8 Å². The molecule has 0 bridgehead atoms. The van der Waals surface area contributed by atoms with Crippen molar-refractivity contribution < 1.29 is 9.90 Å². The van der Waals surface area contributed by atoms with Crippen molar-refractivity contribution in [3.8, 4) is 11.1 Å². The lowest BCUT2D eigenvalue weighted by Gasteiger charge is -2.32. The van der Waals surface area contributed by atoms with Crippen LogP contribution in [0.1, 0.15) is 55.2 Å². The van der Waals surface area contributed by atoms with Crippen molar-refractivity contribution in [2.75, 3.05) is 36.0 Å². The van der Waals surface area contributed by atoms with Gasteiger partial charge >= 0.3 is 5.97 Å². The van der Waals surface area contributed by atoms with Gasteiger partial charge in [0.25, 0.3) is 0 Å². The average Bonchev–Trinajstić information content (AvgIpc) is 2.85. The van der Waals surface area contributed by atoms with E-state index in [1.807, 2.05) is 12.1 Å². The Hall–Kier alpha value is -2.96. The quantitative estimate of drug-likeness (QED) is 0.401. The van der Waals surface area contributed by atoms with Gasteiger partial charge in [-0.3, -0.25) is 0 Å². The van der Waals surface area contributed by atoms with E-state index < -0.39 is 5.97 Å². The van der Waals surface area contributed by atoms with Crippen LogP contribution in [0.25, 0.3) is 11.1 Å². The van der Waals surface area contributed by atoms with Crippen molar-refractivity contribution in [2.45, 2.75) is 43.5 Å². The summed E-state index contributed by atoms with van der Waals surface area (Å²) in [6, 6.07) is 17.7. The lowest BCUT2D eigenvalue weighted by molar-refractivity contribution is 0.0697. The first-order chi connectivity index (χ1) is 16.4. The summed E-state index contributed by atoms with van der Waals surface area (Å²) in [6.45, 7) is 12.2. The van der Waals surface area contributed by atoms with Crippen molar-refractivity contribution >= 4 is 29.1 Å². The van der Waals surface area contributed by atoms with Gasteiger partial charge in [-0.2, -0.15) is 0 Å². The molecule has 0 amide bonds. The van der Waals surface area contributed by atoms with Gasteiger partial charge < -0.3 is 20.6 Å². The Morgan fingerprint density at radius 3 is 2.12 bits per heavy atom. The molecule has 6 heteroatoms. The Bertz CT molecular complexity index is 1200. The molecule has 5 nitrogen and oxygen atoms in total. The second-order valence-corrected chi connectivity index (χ2v) is 9.49. The third kappa shape index (κ3) is 4.28. The number of benzene rings is 3. The summed E-state index contributed by atoms with van der Waals surface area (Å²) in [6.07, 6.45) is 0. The molecule has 0 saturated heterocycles. The van der Waals surface area contributed by atoms with Gasteiger partial charge in [0.2, 0.25) is 0 Å². The van der Waals surface area contributed by atoms with Crippen molar-refractivity contribution in [2.24, 2.45) is 5.73 Å². The number of nitrogens with zero attached hydrogens (tertiary/aromatic N) is 2. The van der Waals surface area contributed by atoms with Gasteiger partial charge in [0.15, 0.2) is 0 Å². The number of fused-ring (bicyclic) bond motifs is 2. The van der Waals surface area contributed by atoms with Crippen LogP contribution in [0.2, 0.25) is 0 Å². The Labute approximate surface area is 206 Å². The fourth-order valence-corrected chi connectivity index (χ4v) is 6.10. The highest BCUT2D eigenvalue weighted by atomic mass is 32.2. The molecule has 0 saturated carbocycles. The van der Waals surface area contributed by atoms with E-state index in [2.05, 4.69) is 67.8 Å². The summed E-state index contributed by atoms with van der Waals surface area (Å²) in [5, 5.41) is 9.90. The minimum Gasteiger partial charge on any atom is -0.478 e. The molecular weight excluding hydrogens is 442 g/mol. The van der Waals surface area contributed by atoms with E-state index in [-0.39, 0.29) is 6.04 Å². The SMILES string of the molecule is CCN(CC)c1ccc2c(c1)Sc1cc(N(CC)CC)cc(-c3ccccc3C(=O)O)c1C2N. The highest BCUT2D eigenvalue weighted by molar-refractivity contribution is 7.99. The molecule has 0 aliphatic carbocycles. The molecule has 0 aromatic heterocycles. The normalized spacial score (nSPS) is 14.3. The number of rotatable bonds is 8. The average molecular weight is 476 g/mol. The van der Waals surface area contributed by atoms with Crippen molar-refractivity contribution in [1.29, 1.82) is 0 Å². The third-order valence-electron chi connectivity index (χ3n) is 6.69. The number of carboxylic acids is 1. The molecule has 3 aromatic rings. The van der Waals surface area contributed by atoms with Crippen molar-refractivity contribution in [3.63, 3.8) is 0 Å². The van der Waals surface area contributed by atoms with E-state index in [4.69, 9.17) is 5.73 Å². The van der Waals surface area contributed by atoms with E-state index in [0.29, 0.717) is 11.1 Å². The topological polar surface area (TPSA) is 69.8 Å². The number of hydrogen-bond acceptors (Lipinski definition) is 5. The van der Waals surface area contributed by atoms with Crippen LogP contribution in [-0.2, 0) is 0 Å². The second kappa shape index (κ2) is 10.1. The number of hydrogen-bond donors (Lipinski definition) is 2. The minimum atomic E-state index is -0.932. The maximum atomic E-state index is 12.1. The fourth-order valence-electron chi connectivity index (χ4n) is 4.84. The van der Waals surface area contributed by atoms with Crippen LogP contribution in [0.15, 0.2) is 64.4 Å². The number of aromatic carboxylic acids is 1. The van der Waals surface area contributed by atoms with Gasteiger partial charge in [-0.15, -0.1) is 0 Å². The Balaban J connectivity index is 1.94. The molecule has 1 atom stereocenters. The first-order valence-corrected chi connectivity index (χ1v) is 12.8. The van der Waals surface area contributed by atoms with E-state index in [1.54, 1.807) is 23.9 Å². The van der Waals surface area contributed by atoms with E-state index in [0.717, 1.165) is 53.5 Å². The lowest BCUT2D eigenvalue weighted by Crippen LogP contribution is -2.24. The maximum absolute atomic E-state index is 12.1. The maximum Gasteiger partial charge on any atom is 0.336 e. The molecule has 34 heavy (non-hydrogen) atoms. The molecular formula is C28H33N3O2S. The first kappa shape index (κ1) is 24.2. The first-order valence-electron chi connectivity index (χ1n) is 12.0. The van der Waals surface area contributed by atoms with Gasteiger partial charge in [-0.05, 0) is 80.3 Å². The molecule has 0 fully saturated rings. The number of carbonyl (C=O) groups is 1. The summed E-state index contributed by atoms with van der Waals surface area (Å²) in [5.74, 6) is -0.932. The predicted octanol–water partition coefficient (Wildman–Crippen LogP) is 6.26. The van der Waals surface area contributed by atoms with Gasteiger partial charge in [0.1, 0.15) is 0 Å². The minimum absolute atomic E-state index is 0.293. The number of carboxylic acid groups (broad SMARTS) is 1. The van der Waals surface area contributed by atoms with Crippen molar-refractivity contribution in [3.05, 3.63) is 71.3 Å². The van der Waals surface area contributed by atoms with Crippen LogP contribution < -0.4 is 15.5 Å². The molecule has 0 spiro atoms. The second-order valence-electron chi connectivity index (χ2n) is 8.40. The summed E-state index contributed by atoms with van der Waals surface area (Å²) in [5.41, 5.74) is 13.2. The summed E-state index contributed by atoms with van der Waals surface area (Å²) in [7, 11) is 0. The zero-order valence-electron chi connectivity index (χ0n) is 20.3. The van der Waals surface area contributed by atoms with E-state index in [1.165, 1.54) is 10.6 Å². The Morgan fingerprint density at radius 2 is 1.47 bits per heavy atom. The summed E-state index contributed by atoms with van der Waals surface area (Å²) < 4.78 is 0. The van der Waals surface area contributed by atoms with E-state index >= 15 is 0 Å². The number of anilines is 2. The van der Waals surface area contributed by atoms with Crippen LogP contribution in [0.5, 0.6) is 0 Å².